The minimum absolute atomic E-state index is 0.00513. The number of benzene rings is 1. The van der Waals surface area contributed by atoms with Crippen molar-refractivity contribution in [1.82, 2.24) is 10.6 Å². The van der Waals surface area contributed by atoms with Gasteiger partial charge < -0.3 is 10.6 Å². The maximum Gasteiger partial charge on any atom is 0.224 e. The lowest BCUT2D eigenvalue weighted by molar-refractivity contribution is -0.127. The first-order valence-electron chi connectivity index (χ1n) is 7.87. The number of halogens is 1. The number of sulfone groups is 1. The molecule has 1 heterocycles. The molecule has 2 fully saturated rings. The van der Waals surface area contributed by atoms with E-state index in [-0.39, 0.29) is 41.2 Å². The molecule has 3 rings (SSSR count). The fourth-order valence-corrected chi connectivity index (χ4v) is 4.82. The van der Waals surface area contributed by atoms with Gasteiger partial charge in [0.15, 0.2) is 9.84 Å². The number of carbonyl (C=O) groups is 2. The lowest BCUT2D eigenvalue weighted by atomic mass is 10.2. The number of amides is 2. The Morgan fingerprint density at radius 2 is 1.88 bits per heavy atom. The minimum atomic E-state index is -3.03. The van der Waals surface area contributed by atoms with Gasteiger partial charge in [0.1, 0.15) is 0 Å². The molecule has 1 saturated carbocycles. The third-order valence-corrected chi connectivity index (χ3v) is 6.59. The van der Waals surface area contributed by atoms with Crippen LogP contribution in [0.1, 0.15) is 18.4 Å². The highest BCUT2D eigenvalue weighted by Crippen LogP contribution is 2.39. The summed E-state index contributed by atoms with van der Waals surface area (Å²) in [6.45, 7) is 0.324. The van der Waals surface area contributed by atoms with Crippen LogP contribution in [0, 0.1) is 11.8 Å². The third-order valence-electron chi connectivity index (χ3n) is 4.45. The summed E-state index contributed by atoms with van der Waals surface area (Å²) in [5, 5.41) is 6.13. The monoisotopic (exact) mass is 370 g/mol. The molecular weight excluding hydrogens is 352 g/mol. The molecule has 0 radical (unpaired) electrons. The molecule has 0 spiro atoms. The predicted molar refractivity (Wildman–Crippen MR) is 90.1 cm³/mol. The summed E-state index contributed by atoms with van der Waals surface area (Å²) in [6, 6.07) is 6.93. The largest absolute Gasteiger partial charge is 0.352 e. The Bertz CT molecular complexity index is 765. The highest BCUT2D eigenvalue weighted by atomic mass is 35.5. The van der Waals surface area contributed by atoms with E-state index in [0.29, 0.717) is 24.4 Å². The SMILES string of the molecule is O=C(NCc1ccccc1Cl)C1CC1C(=O)NC1CCS(=O)(=O)C1. The smallest absolute Gasteiger partial charge is 0.224 e. The topological polar surface area (TPSA) is 92.3 Å². The van der Waals surface area contributed by atoms with Crippen molar-refractivity contribution in [3.8, 4) is 0 Å². The van der Waals surface area contributed by atoms with Crippen LogP contribution < -0.4 is 10.6 Å². The minimum Gasteiger partial charge on any atom is -0.352 e. The third kappa shape index (κ3) is 4.08. The van der Waals surface area contributed by atoms with E-state index < -0.39 is 9.84 Å². The molecule has 2 N–H and O–H groups in total. The standard InChI is InChI=1S/C16H19ClN2O4S/c17-14-4-2-1-3-10(14)8-18-15(20)12-7-13(12)16(21)19-11-5-6-24(22,23)9-11/h1-4,11-13H,5-9H2,(H,18,20)(H,19,21). The van der Waals surface area contributed by atoms with Crippen molar-refractivity contribution >= 4 is 33.3 Å². The molecule has 1 aliphatic carbocycles. The van der Waals surface area contributed by atoms with Gasteiger partial charge in [0.2, 0.25) is 11.8 Å². The van der Waals surface area contributed by atoms with Crippen molar-refractivity contribution in [3.63, 3.8) is 0 Å². The molecule has 3 atom stereocenters. The van der Waals surface area contributed by atoms with Crippen LogP contribution in [0.25, 0.3) is 0 Å². The van der Waals surface area contributed by atoms with Crippen LogP contribution in [0.3, 0.4) is 0 Å². The molecule has 2 aliphatic rings. The van der Waals surface area contributed by atoms with Gasteiger partial charge in [-0.25, -0.2) is 8.42 Å². The van der Waals surface area contributed by atoms with Crippen molar-refractivity contribution in [3.05, 3.63) is 34.9 Å². The summed E-state index contributed by atoms with van der Waals surface area (Å²) in [5.74, 6) is -0.992. The van der Waals surface area contributed by atoms with Gasteiger partial charge in [-0.1, -0.05) is 29.8 Å². The summed E-state index contributed by atoms with van der Waals surface area (Å²) >= 11 is 6.04. The molecule has 3 unspecified atom stereocenters. The predicted octanol–water partition coefficient (Wildman–Crippen LogP) is 0.896. The lowest BCUT2D eigenvalue weighted by Crippen LogP contribution is -2.37. The summed E-state index contributed by atoms with van der Waals surface area (Å²) in [4.78, 5) is 24.2. The van der Waals surface area contributed by atoms with E-state index in [1.165, 1.54) is 0 Å². The van der Waals surface area contributed by atoms with E-state index in [1.54, 1.807) is 6.07 Å². The first kappa shape index (κ1) is 17.2. The van der Waals surface area contributed by atoms with Crippen LogP contribution in [0.5, 0.6) is 0 Å². The Balaban J connectivity index is 1.45. The van der Waals surface area contributed by atoms with Gasteiger partial charge in [-0.15, -0.1) is 0 Å². The van der Waals surface area contributed by atoms with Gasteiger partial charge in [0, 0.05) is 17.6 Å². The van der Waals surface area contributed by atoms with Gasteiger partial charge in [-0.05, 0) is 24.5 Å². The van der Waals surface area contributed by atoms with E-state index in [9.17, 15) is 18.0 Å². The Morgan fingerprint density at radius 1 is 1.17 bits per heavy atom. The second kappa shape index (κ2) is 6.72. The Kier molecular flexibility index (Phi) is 4.83. The average molecular weight is 371 g/mol. The summed E-state index contributed by atoms with van der Waals surface area (Å²) < 4.78 is 22.8. The number of rotatable bonds is 5. The lowest BCUT2D eigenvalue weighted by Gasteiger charge is -2.11. The fourth-order valence-electron chi connectivity index (χ4n) is 2.95. The highest BCUT2D eigenvalue weighted by Gasteiger charge is 2.48. The molecule has 1 saturated heterocycles. The van der Waals surface area contributed by atoms with Gasteiger partial charge in [-0.2, -0.15) is 0 Å². The molecule has 1 aromatic carbocycles. The van der Waals surface area contributed by atoms with E-state index in [0.717, 1.165) is 5.56 Å². The molecular formula is C16H19ClN2O4S. The van der Waals surface area contributed by atoms with Crippen molar-refractivity contribution in [2.24, 2.45) is 11.8 Å². The Hall–Kier alpha value is -1.60. The van der Waals surface area contributed by atoms with Gasteiger partial charge in [0.25, 0.3) is 0 Å². The number of hydrogen-bond acceptors (Lipinski definition) is 4. The zero-order valence-electron chi connectivity index (χ0n) is 13.0. The zero-order chi connectivity index (χ0) is 17.3. The maximum absolute atomic E-state index is 12.1. The number of carbonyl (C=O) groups excluding carboxylic acids is 2. The van der Waals surface area contributed by atoms with Crippen molar-refractivity contribution in [2.45, 2.75) is 25.4 Å². The van der Waals surface area contributed by atoms with Crippen molar-refractivity contribution < 1.29 is 18.0 Å². The van der Waals surface area contributed by atoms with Crippen LogP contribution >= 0.6 is 11.6 Å². The fraction of sp³-hybridized carbons (Fsp3) is 0.500. The average Bonchev–Trinajstić information content (AvgIpc) is 3.26. The summed E-state index contributed by atoms with van der Waals surface area (Å²) in [7, 11) is -3.03. The molecule has 130 valence electrons. The number of nitrogens with one attached hydrogen (secondary N) is 2. The van der Waals surface area contributed by atoms with Crippen LogP contribution in [-0.2, 0) is 26.0 Å². The number of hydrogen-bond donors (Lipinski definition) is 2. The first-order valence-corrected chi connectivity index (χ1v) is 10.1. The van der Waals surface area contributed by atoms with E-state index in [4.69, 9.17) is 11.6 Å². The van der Waals surface area contributed by atoms with Crippen molar-refractivity contribution in [2.75, 3.05) is 11.5 Å². The highest BCUT2D eigenvalue weighted by molar-refractivity contribution is 7.91. The summed E-state index contributed by atoms with van der Waals surface area (Å²) in [6.07, 6.45) is 0.948. The second-order valence-electron chi connectivity index (χ2n) is 6.37. The van der Waals surface area contributed by atoms with E-state index in [2.05, 4.69) is 10.6 Å². The maximum atomic E-state index is 12.1. The molecule has 0 bridgehead atoms. The zero-order valence-corrected chi connectivity index (χ0v) is 14.6. The Labute approximate surface area is 145 Å². The van der Waals surface area contributed by atoms with Crippen LogP contribution in [0.15, 0.2) is 24.3 Å². The van der Waals surface area contributed by atoms with Crippen LogP contribution in [0.4, 0.5) is 0 Å². The van der Waals surface area contributed by atoms with Crippen LogP contribution in [0.2, 0.25) is 5.02 Å². The molecule has 24 heavy (non-hydrogen) atoms. The van der Waals surface area contributed by atoms with Crippen molar-refractivity contribution in [1.29, 1.82) is 0 Å². The quantitative estimate of drug-likeness (QED) is 0.805. The van der Waals surface area contributed by atoms with Gasteiger partial charge in [0.05, 0.1) is 23.3 Å². The Morgan fingerprint density at radius 3 is 2.54 bits per heavy atom. The molecule has 2 amide bonds. The second-order valence-corrected chi connectivity index (χ2v) is 9.00. The molecule has 0 aromatic heterocycles. The molecule has 1 aliphatic heterocycles. The summed E-state index contributed by atoms with van der Waals surface area (Å²) in [5.41, 5.74) is 0.824. The normalized spacial score (nSPS) is 27.5. The van der Waals surface area contributed by atoms with E-state index in [1.807, 2.05) is 18.2 Å². The molecule has 1 aromatic rings. The molecule has 6 nitrogen and oxygen atoms in total. The van der Waals surface area contributed by atoms with Gasteiger partial charge >= 0.3 is 0 Å². The van der Waals surface area contributed by atoms with Gasteiger partial charge in [-0.3, -0.25) is 9.59 Å². The molecule has 8 heteroatoms. The first-order chi connectivity index (χ1) is 11.4. The van der Waals surface area contributed by atoms with E-state index >= 15 is 0 Å². The van der Waals surface area contributed by atoms with Crippen LogP contribution in [-0.4, -0.2) is 37.8 Å².